The fourth-order valence-corrected chi connectivity index (χ4v) is 1.40. The first-order valence-corrected chi connectivity index (χ1v) is 5.33. The third-order valence-electron chi connectivity index (χ3n) is 2.46. The minimum atomic E-state index is 0.737. The third kappa shape index (κ3) is 3.25. The van der Waals surface area contributed by atoms with E-state index < -0.39 is 0 Å². The van der Waals surface area contributed by atoms with Gasteiger partial charge in [0.2, 0.25) is 0 Å². The van der Waals surface area contributed by atoms with Crippen LogP contribution in [0.2, 0.25) is 0 Å². The molecule has 0 amide bonds. The Morgan fingerprint density at radius 2 is 1.92 bits per heavy atom. The van der Waals surface area contributed by atoms with Gasteiger partial charge in [0.15, 0.2) is 0 Å². The summed E-state index contributed by atoms with van der Waals surface area (Å²) in [7, 11) is 0. The fourth-order valence-electron chi connectivity index (χ4n) is 1.40. The van der Waals surface area contributed by atoms with Crippen LogP contribution in [0.25, 0.3) is 0 Å². The molecule has 0 aromatic carbocycles. The van der Waals surface area contributed by atoms with Crippen LogP contribution in [0.5, 0.6) is 0 Å². The molecule has 0 fully saturated rings. The molecule has 0 N–H and O–H groups in total. The molecule has 1 aromatic rings. The molecule has 0 radical (unpaired) electrons. The summed E-state index contributed by atoms with van der Waals surface area (Å²) in [6.07, 6.45) is 4.54. The van der Waals surface area contributed by atoms with Crippen molar-refractivity contribution in [2.45, 2.75) is 46.5 Å². The van der Waals surface area contributed by atoms with E-state index in [1.165, 1.54) is 6.42 Å². The molecule has 1 rings (SSSR count). The minimum absolute atomic E-state index is 0.737. The number of rotatable bonds is 5. The van der Waals surface area contributed by atoms with Gasteiger partial charge in [0, 0.05) is 12.8 Å². The van der Waals surface area contributed by atoms with E-state index in [0.717, 1.165) is 36.7 Å². The molecule has 1 unspecified atom stereocenters. The first kappa shape index (κ1) is 10.4. The van der Waals surface area contributed by atoms with Crippen LogP contribution in [-0.2, 0) is 12.8 Å². The second kappa shape index (κ2) is 5.11. The van der Waals surface area contributed by atoms with Crippen molar-refractivity contribution >= 4 is 0 Å². The smallest absolute Gasteiger partial charge is 0.104 e. The summed E-state index contributed by atoms with van der Waals surface area (Å²) in [5.41, 5.74) is 0. The Labute approximate surface area is 81.1 Å². The number of hydrogen-bond acceptors (Lipinski definition) is 1. The number of hydrogen-bond donors (Lipinski definition) is 0. The predicted octanol–water partition coefficient (Wildman–Crippen LogP) is 3.82. The molecular formula is C12H20O. The van der Waals surface area contributed by atoms with Gasteiger partial charge in [-0.25, -0.2) is 0 Å². The molecule has 0 saturated heterocycles. The lowest BCUT2D eigenvalue weighted by Gasteiger charge is -2.04. The predicted molar refractivity (Wildman–Crippen MR) is 55.9 cm³/mol. The van der Waals surface area contributed by atoms with Crippen LogP contribution in [0.4, 0.5) is 0 Å². The zero-order chi connectivity index (χ0) is 9.68. The van der Waals surface area contributed by atoms with Crippen molar-refractivity contribution in [2.75, 3.05) is 0 Å². The Morgan fingerprint density at radius 1 is 1.23 bits per heavy atom. The molecule has 1 heterocycles. The molecule has 0 aliphatic rings. The van der Waals surface area contributed by atoms with Crippen LogP contribution in [0.15, 0.2) is 16.5 Å². The van der Waals surface area contributed by atoms with E-state index in [9.17, 15) is 0 Å². The first-order chi connectivity index (χ1) is 6.26. The number of furan rings is 1. The summed E-state index contributed by atoms with van der Waals surface area (Å²) in [5.74, 6) is 3.03. The van der Waals surface area contributed by atoms with Crippen molar-refractivity contribution < 1.29 is 4.42 Å². The second-order valence-corrected chi connectivity index (χ2v) is 3.84. The topological polar surface area (TPSA) is 13.1 Å². The molecule has 0 aliphatic carbocycles. The zero-order valence-corrected chi connectivity index (χ0v) is 8.97. The Hall–Kier alpha value is -0.720. The second-order valence-electron chi connectivity index (χ2n) is 3.84. The van der Waals surface area contributed by atoms with Gasteiger partial charge in [0.25, 0.3) is 0 Å². The largest absolute Gasteiger partial charge is 0.466 e. The first-order valence-electron chi connectivity index (χ1n) is 5.33. The quantitative estimate of drug-likeness (QED) is 0.671. The summed E-state index contributed by atoms with van der Waals surface area (Å²) >= 11 is 0. The SMILES string of the molecule is CCCc1ccc(CC(C)CC)o1. The lowest BCUT2D eigenvalue weighted by molar-refractivity contribution is 0.423. The molecule has 0 saturated carbocycles. The van der Waals surface area contributed by atoms with Gasteiger partial charge in [-0.2, -0.15) is 0 Å². The molecule has 1 atom stereocenters. The van der Waals surface area contributed by atoms with E-state index in [1.807, 2.05) is 0 Å². The Morgan fingerprint density at radius 3 is 2.54 bits per heavy atom. The van der Waals surface area contributed by atoms with Crippen LogP contribution >= 0.6 is 0 Å². The standard InChI is InChI=1S/C12H20O/c1-4-6-11-7-8-12(13-11)9-10(3)5-2/h7-8,10H,4-6,9H2,1-3H3. The van der Waals surface area contributed by atoms with Crippen molar-refractivity contribution in [1.29, 1.82) is 0 Å². The summed E-state index contributed by atoms with van der Waals surface area (Å²) in [5, 5.41) is 0. The van der Waals surface area contributed by atoms with Gasteiger partial charge in [-0.05, 0) is 24.5 Å². The van der Waals surface area contributed by atoms with E-state index in [-0.39, 0.29) is 0 Å². The Balaban J connectivity index is 2.48. The summed E-state index contributed by atoms with van der Waals surface area (Å²) < 4.78 is 5.70. The Bertz CT molecular complexity index is 237. The van der Waals surface area contributed by atoms with E-state index in [1.54, 1.807) is 0 Å². The highest BCUT2D eigenvalue weighted by atomic mass is 16.3. The van der Waals surface area contributed by atoms with Gasteiger partial charge in [0.1, 0.15) is 11.5 Å². The maximum absolute atomic E-state index is 5.70. The maximum atomic E-state index is 5.70. The van der Waals surface area contributed by atoms with Crippen molar-refractivity contribution in [1.82, 2.24) is 0 Å². The summed E-state index contributed by atoms with van der Waals surface area (Å²) in [4.78, 5) is 0. The van der Waals surface area contributed by atoms with Crippen LogP contribution < -0.4 is 0 Å². The molecule has 13 heavy (non-hydrogen) atoms. The van der Waals surface area contributed by atoms with Gasteiger partial charge >= 0.3 is 0 Å². The minimum Gasteiger partial charge on any atom is -0.466 e. The van der Waals surface area contributed by atoms with E-state index in [0.29, 0.717) is 0 Å². The fraction of sp³-hybridized carbons (Fsp3) is 0.667. The lowest BCUT2D eigenvalue weighted by atomic mass is 10.0. The van der Waals surface area contributed by atoms with E-state index >= 15 is 0 Å². The highest BCUT2D eigenvalue weighted by molar-refractivity contribution is 5.07. The van der Waals surface area contributed by atoms with Crippen LogP contribution in [0.1, 0.15) is 45.1 Å². The van der Waals surface area contributed by atoms with Gasteiger partial charge in [-0.15, -0.1) is 0 Å². The molecule has 1 aromatic heterocycles. The van der Waals surface area contributed by atoms with Crippen LogP contribution in [-0.4, -0.2) is 0 Å². The van der Waals surface area contributed by atoms with Crippen LogP contribution in [0, 0.1) is 5.92 Å². The average Bonchev–Trinajstić information content (AvgIpc) is 2.53. The molecule has 1 nitrogen and oxygen atoms in total. The summed E-state index contributed by atoms with van der Waals surface area (Å²) in [6.45, 7) is 6.67. The van der Waals surface area contributed by atoms with Gasteiger partial charge < -0.3 is 4.42 Å². The van der Waals surface area contributed by atoms with Gasteiger partial charge in [-0.1, -0.05) is 27.2 Å². The third-order valence-corrected chi connectivity index (χ3v) is 2.46. The van der Waals surface area contributed by atoms with Gasteiger partial charge in [-0.3, -0.25) is 0 Å². The normalized spacial score (nSPS) is 13.2. The molecule has 0 spiro atoms. The number of aryl methyl sites for hydroxylation is 1. The molecule has 0 bridgehead atoms. The van der Waals surface area contributed by atoms with E-state index in [4.69, 9.17) is 4.42 Å². The van der Waals surface area contributed by atoms with Crippen molar-refractivity contribution in [3.8, 4) is 0 Å². The highest BCUT2D eigenvalue weighted by Crippen LogP contribution is 2.15. The van der Waals surface area contributed by atoms with Crippen molar-refractivity contribution in [2.24, 2.45) is 5.92 Å². The Kier molecular flexibility index (Phi) is 4.07. The molecular weight excluding hydrogens is 160 g/mol. The van der Waals surface area contributed by atoms with Crippen molar-refractivity contribution in [3.63, 3.8) is 0 Å². The lowest BCUT2D eigenvalue weighted by Crippen LogP contribution is -1.95. The molecule has 0 aliphatic heterocycles. The van der Waals surface area contributed by atoms with Crippen LogP contribution in [0.3, 0.4) is 0 Å². The maximum Gasteiger partial charge on any atom is 0.104 e. The molecule has 74 valence electrons. The monoisotopic (exact) mass is 180 g/mol. The van der Waals surface area contributed by atoms with Crippen molar-refractivity contribution in [3.05, 3.63) is 23.7 Å². The highest BCUT2D eigenvalue weighted by Gasteiger charge is 2.05. The van der Waals surface area contributed by atoms with E-state index in [2.05, 4.69) is 32.9 Å². The zero-order valence-electron chi connectivity index (χ0n) is 8.97. The average molecular weight is 180 g/mol. The van der Waals surface area contributed by atoms with Gasteiger partial charge in [0.05, 0.1) is 0 Å². The molecule has 1 heteroatoms. The summed E-state index contributed by atoms with van der Waals surface area (Å²) in [6, 6.07) is 4.23.